The van der Waals surface area contributed by atoms with E-state index in [1.165, 1.54) is 12.3 Å². The number of anilines is 2. The van der Waals surface area contributed by atoms with Gasteiger partial charge in [-0.1, -0.05) is 0 Å². The van der Waals surface area contributed by atoms with E-state index in [1.54, 1.807) is 13.0 Å². The van der Waals surface area contributed by atoms with Crippen molar-refractivity contribution in [3.63, 3.8) is 0 Å². The Hall–Kier alpha value is -2.70. The summed E-state index contributed by atoms with van der Waals surface area (Å²) in [4.78, 5) is 11.6. The summed E-state index contributed by atoms with van der Waals surface area (Å²) in [6.45, 7) is 1.62. The number of hydrogen-bond acceptors (Lipinski definition) is 4. The van der Waals surface area contributed by atoms with Crippen LogP contribution < -0.4 is 10.0 Å². The van der Waals surface area contributed by atoms with Gasteiger partial charge in [0.25, 0.3) is 5.82 Å². The van der Waals surface area contributed by atoms with Crippen LogP contribution in [0.15, 0.2) is 30.5 Å². The Bertz CT molecular complexity index is 685. The van der Waals surface area contributed by atoms with Crippen molar-refractivity contribution < 1.29 is 23.0 Å². The summed E-state index contributed by atoms with van der Waals surface area (Å²) in [6.07, 6.45) is 1.20. The van der Waals surface area contributed by atoms with E-state index in [1.807, 2.05) is 0 Å². The lowest BCUT2D eigenvalue weighted by Gasteiger charge is -2.13. The van der Waals surface area contributed by atoms with Gasteiger partial charge in [-0.2, -0.15) is 4.39 Å². The van der Waals surface area contributed by atoms with Crippen LogP contribution in [0.3, 0.4) is 0 Å². The highest BCUT2D eigenvalue weighted by Crippen LogP contribution is 2.26. The molecule has 1 aromatic heterocycles. The summed E-state index contributed by atoms with van der Waals surface area (Å²) < 4.78 is 32.3. The predicted molar refractivity (Wildman–Crippen MR) is 71.1 cm³/mol. The van der Waals surface area contributed by atoms with Crippen molar-refractivity contribution >= 4 is 17.5 Å². The molecule has 2 rings (SSSR count). The van der Waals surface area contributed by atoms with E-state index < -0.39 is 23.3 Å². The van der Waals surface area contributed by atoms with E-state index in [2.05, 4.69) is 10.1 Å². The van der Waals surface area contributed by atoms with Gasteiger partial charge in [-0.3, -0.25) is 0 Å². The second-order valence-corrected chi connectivity index (χ2v) is 4.27. The van der Waals surface area contributed by atoms with Gasteiger partial charge >= 0.3 is 5.97 Å². The molecule has 21 heavy (non-hydrogen) atoms. The molecule has 2 aromatic rings. The minimum absolute atomic E-state index is 0.00727. The van der Waals surface area contributed by atoms with Gasteiger partial charge < -0.3 is 9.94 Å². The molecule has 0 saturated carbocycles. The lowest BCUT2D eigenvalue weighted by molar-refractivity contribution is -0.590. The van der Waals surface area contributed by atoms with Crippen LogP contribution in [0.5, 0.6) is 0 Å². The topological polar surface area (TPSA) is 65.3 Å². The molecule has 0 aliphatic rings. The molecule has 0 bridgehead atoms. The van der Waals surface area contributed by atoms with E-state index >= 15 is 0 Å². The maximum atomic E-state index is 14.0. The number of nitrogens with one attached hydrogen (secondary N) is 1. The lowest BCUT2D eigenvalue weighted by Crippen LogP contribution is -2.30. The number of hydrogen-bond donors (Lipinski definition) is 1. The zero-order chi connectivity index (χ0) is 15.6. The number of carbonyl (C=O) groups excluding carboxylic acids is 1. The first-order valence-corrected chi connectivity index (χ1v) is 5.97. The number of rotatable bonds is 3. The second kappa shape index (κ2) is 5.74. The number of ether oxygens (including phenoxy) is 1. The van der Waals surface area contributed by atoms with Crippen LogP contribution in [0.1, 0.15) is 15.9 Å². The van der Waals surface area contributed by atoms with Crippen molar-refractivity contribution in [2.45, 2.75) is 6.92 Å². The Morgan fingerprint density at radius 1 is 1.33 bits per heavy atom. The number of carbonyl (C=O) groups is 1. The largest absolute Gasteiger partial charge is 0.711 e. The monoisotopic (exact) mass is 294 g/mol. The molecule has 1 N–H and O–H groups in total. The minimum Gasteiger partial charge on any atom is -0.711 e. The standard InChI is InChI=1S/C14H12F2N2O3/c1-8-4-3-7-18(20)13(8)17-12-9(14(19)21-2)5-6-10(15)11(12)16/h3-7,17H,1-2H3. The third kappa shape index (κ3) is 2.76. The molecule has 7 heteroatoms. The molecule has 5 nitrogen and oxygen atoms in total. The Morgan fingerprint density at radius 3 is 2.67 bits per heavy atom. The normalized spacial score (nSPS) is 10.3. The third-order valence-corrected chi connectivity index (χ3v) is 2.91. The molecule has 0 aliphatic heterocycles. The van der Waals surface area contributed by atoms with Crippen molar-refractivity contribution in [3.05, 3.63) is 58.4 Å². The molecular formula is C14H12F2N2O3. The van der Waals surface area contributed by atoms with Crippen molar-refractivity contribution in [2.24, 2.45) is 0 Å². The molecule has 0 unspecified atom stereocenters. The maximum absolute atomic E-state index is 14.0. The number of halogens is 2. The van der Waals surface area contributed by atoms with Gasteiger partial charge in [0.15, 0.2) is 11.5 Å². The Balaban J connectivity index is 2.58. The van der Waals surface area contributed by atoms with Gasteiger partial charge in [-0.15, -0.1) is 0 Å². The van der Waals surface area contributed by atoms with Crippen molar-refractivity contribution in [3.8, 4) is 0 Å². The summed E-state index contributed by atoms with van der Waals surface area (Å²) >= 11 is 0. The van der Waals surface area contributed by atoms with Gasteiger partial charge in [-0.25, -0.2) is 19.2 Å². The molecule has 1 heterocycles. The van der Waals surface area contributed by atoms with Crippen molar-refractivity contribution in [2.75, 3.05) is 12.4 Å². The van der Waals surface area contributed by atoms with E-state index in [0.29, 0.717) is 10.3 Å². The highest BCUT2D eigenvalue weighted by molar-refractivity contribution is 5.96. The molecule has 0 aliphatic carbocycles. The van der Waals surface area contributed by atoms with Crippen LogP contribution in [0, 0.1) is 23.8 Å². The van der Waals surface area contributed by atoms with E-state index in [0.717, 1.165) is 19.2 Å². The van der Waals surface area contributed by atoms with Crippen molar-refractivity contribution in [1.29, 1.82) is 0 Å². The number of methoxy groups -OCH3 is 1. The minimum atomic E-state index is -1.26. The van der Waals surface area contributed by atoms with Gasteiger partial charge in [0.2, 0.25) is 5.82 Å². The zero-order valence-electron chi connectivity index (χ0n) is 11.3. The second-order valence-electron chi connectivity index (χ2n) is 4.27. The number of aryl methyl sites for hydroxylation is 1. The predicted octanol–water partition coefficient (Wildman–Crippen LogP) is 2.44. The molecular weight excluding hydrogens is 282 g/mol. The third-order valence-electron chi connectivity index (χ3n) is 2.91. The van der Waals surface area contributed by atoms with Crippen LogP contribution in [0.4, 0.5) is 20.3 Å². The highest BCUT2D eigenvalue weighted by Gasteiger charge is 2.24. The summed E-state index contributed by atoms with van der Waals surface area (Å²) in [5.74, 6) is -3.26. The number of esters is 1. The summed E-state index contributed by atoms with van der Waals surface area (Å²) in [5.41, 5.74) is -0.146. The molecule has 1 aromatic carbocycles. The zero-order valence-corrected chi connectivity index (χ0v) is 11.3. The van der Waals surface area contributed by atoms with Gasteiger partial charge in [0, 0.05) is 5.56 Å². The first-order chi connectivity index (χ1) is 9.95. The molecule has 0 saturated heterocycles. The first kappa shape index (κ1) is 14.7. The molecule has 0 amide bonds. The number of pyridine rings is 1. The summed E-state index contributed by atoms with van der Waals surface area (Å²) in [7, 11) is 1.12. The van der Waals surface area contributed by atoms with E-state index in [9.17, 15) is 18.8 Å². The highest BCUT2D eigenvalue weighted by atomic mass is 19.2. The average Bonchev–Trinajstić information content (AvgIpc) is 2.46. The van der Waals surface area contributed by atoms with Crippen LogP contribution >= 0.6 is 0 Å². The lowest BCUT2D eigenvalue weighted by atomic mass is 10.1. The SMILES string of the molecule is COC(=O)c1ccc(F)c(F)c1Nc1c(C)ccc[n+]1[O-]. The quantitative estimate of drug-likeness (QED) is 0.536. The van der Waals surface area contributed by atoms with Crippen LogP contribution in [-0.4, -0.2) is 13.1 Å². The molecule has 0 fully saturated rings. The summed E-state index contributed by atoms with van der Waals surface area (Å²) in [5, 5.41) is 14.2. The van der Waals surface area contributed by atoms with Crippen LogP contribution in [0.2, 0.25) is 0 Å². The van der Waals surface area contributed by atoms with E-state index in [-0.39, 0.29) is 11.4 Å². The smallest absolute Gasteiger partial charge is 0.342 e. The average molecular weight is 294 g/mol. The van der Waals surface area contributed by atoms with Crippen LogP contribution in [0.25, 0.3) is 0 Å². The van der Waals surface area contributed by atoms with Gasteiger partial charge in [0.1, 0.15) is 5.56 Å². The fraction of sp³-hybridized carbons (Fsp3) is 0.143. The molecule has 0 spiro atoms. The number of benzene rings is 1. The Labute approximate surface area is 119 Å². The fourth-order valence-corrected chi connectivity index (χ4v) is 1.82. The van der Waals surface area contributed by atoms with E-state index in [4.69, 9.17) is 0 Å². The first-order valence-electron chi connectivity index (χ1n) is 5.97. The fourth-order valence-electron chi connectivity index (χ4n) is 1.82. The van der Waals surface area contributed by atoms with Gasteiger partial charge in [0.05, 0.1) is 13.3 Å². The number of nitrogens with zero attached hydrogens (tertiary/aromatic N) is 1. The van der Waals surface area contributed by atoms with Gasteiger partial charge in [-0.05, 0) is 31.2 Å². The molecule has 110 valence electrons. The van der Waals surface area contributed by atoms with Crippen molar-refractivity contribution in [1.82, 2.24) is 0 Å². The number of aromatic nitrogens is 1. The summed E-state index contributed by atoms with van der Waals surface area (Å²) in [6, 6.07) is 5.03. The Kier molecular flexibility index (Phi) is 4.02. The Morgan fingerprint density at radius 2 is 2.05 bits per heavy atom. The molecule has 0 radical (unpaired) electrons. The van der Waals surface area contributed by atoms with Crippen LogP contribution in [-0.2, 0) is 4.74 Å². The molecule has 0 atom stereocenters. The maximum Gasteiger partial charge on any atom is 0.342 e.